The Morgan fingerprint density at radius 1 is 0.511 bits per heavy atom. The largest absolute Gasteiger partial charge is 0.398 e. The Labute approximate surface area is 277 Å². The first-order valence-corrected chi connectivity index (χ1v) is 16.3. The minimum absolute atomic E-state index is 0.421. The van der Waals surface area contributed by atoms with Crippen LogP contribution in [0.1, 0.15) is 38.9 Å². The molecule has 0 aromatic heterocycles. The van der Waals surface area contributed by atoms with Crippen molar-refractivity contribution in [3.8, 4) is 11.1 Å². The summed E-state index contributed by atoms with van der Waals surface area (Å²) in [4.78, 5) is 0. The Bertz CT molecular complexity index is 2210. The predicted molar refractivity (Wildman–Crippen MR) is 198 cm³/mol. The van der Waals surface area contributed by atoms with Crippen LogP contribution < -0.4 is 5.73 Å². The fourth-order valence-corrected chi connectivity index (χ4v) is 7.44. The number of rotatable bonds is 7. The van der Waals surface area contributed by atoms with Gasteiger partial charge in [-0.25, -0.2) is 0 Å². The van der Waals surface area contributed by atoms with E-state index in [0.717, 1.165) is 23.3 Å². The van der Waals surface area contributed by atoms with Crippen molar-refractivity contribution in [2.45, 2.75) is 11.8 Å². The van der Waals surface area contributed by atoms with Gasteiger partial charge in [0.1, 0.15) is 0 Å². The molecule has 0 amide bonds. The first-order chi connectivity index (χ1) is 23.2. The number of nitrogens with two attached hydrogens (primary N) is 1. The summed E-state index contributed by atoms with van der Waals surface area (Å²) in [6, 6.07) is 63.2. The summed E-state index contributed by atoms with van der Waals surface area (Å²) >= 11 is 0. The molecule has 8 rings (SSSR count). The zero-order valence-corrected chi connectivity index (χ0v) is 26.2. The number of hydrogen-bond acceptors (Lipinski definition) is 1. The van der Waals surface area contributed by atoms with Crippen LogP contribution >= 0.6 is 0 Å². The second-order valence-corrected chi connectivity index (χ2v) is 12.3. The zero-order valence-electron chi connectivity index (χ0n) is 26.2. The van der Waals surface area contributed by atoms with Crippen molar-refractivity contribution in [3.05, 3.63) is 227 Å². The highest BCUT2D eigenvalue weighted by Gasteiger charge is 2.45. The second-order valence-electron chi connectivity index (χ2n) is 12.3. The van der Waals surface area contributed by atoms with Gasteiger partial charge in [-0.3, -0.25) is 0 Å². The van der Waals surface area contributed by atoms with Crippen molar-refractivity contribution in [3.63, 3.8) is 0 Å². The molecule has 0 saturated heterocycles. The average Bonchev–Trinajstić information content (AvgIpc) is 3.45. The molecular formula is C46H35N. The van der Waals surface area contributed by atoms with Gasteiger partial charge < -0.3 is 5.73 Å². The Hall–Kier alpha value is -5.92. The van der Waals surface area contributed by atoms with Gasteiger partial charge in [-0.2, -0.15) is 0 Å². The molecule has 0 heterocycles. The third-order valence-corrected chi connectivity index (χ3v) is 9.62. The quantitative estimate of drug-likeness (QED) is 0.181. The molecule has 0 radical (unpaired) electrons. The van der Waals surface area contributed by atoms with E-state index in [1.165, 1.54) is 55.3 Å². The topological polar surface area (TPSA) is 26.0 Å². The normalized spacial score (nSPS) is 13.7. The first-order valence-electron chi connectivity index (χ1n) is 16.3. The molecule has 47 heavy (non-hydrogen) atoms. The number of benzene rings is 7. The number of hydrogen-bond donors (Lipinski definition) is 1. The molecule has 0 unspecified atom stereocenters. The summed E-state index contributed by atoms with van der Waals surface area (Å²) in [5.41, 5.74) is 19.5. The fraction of sp³-hybridized carbons (Fsp3) is 0.0435. The molecule has 7 aromatic carbocycles. The summed E-state index contributed by atoms with van der Waals surface area (Å²) in [5, 5.41) is 2.44. The van der Waals surface area contributed by atoms with E-state index in [0.29, 0.717) is 0 Å². The lowest BCUT2D eigenvalue weighted by Crippen LogP contribution is -2.28. The lowest BCUT2D eigenvalue weighted by atomic mass is 9.67. The summed E-state index contributed by atoms with van der Waals surface area (Å²) in [6.45, 7) is 0. The predicted octanol–water partition coefficient (Wildman–Crippen LogP) is 10.8. The third-order valence-electron chi connectivity index (χ3n) is 9.62. The second kappa shape index (κ2) is 12.1. The highest BCUT2D eigenvalue weighted by Crippen LogP contribution is 2.55. The molecule has 0 aliphatic heterocycles. The maximum absolute atomic E-state index is 6.97. The van der Waals surface area contributed by atoms with Gasteiger partial charge in [0, 0.05) is 5.70 Å². The summed E-state index contributed by atoms with van der Waals surface area (Å²) in [6.07, 6.45) is 5.27. The van der Waals surface area contributed by atoms with Gasteiger partial charge in [0.15, 0.2) is 0 Å². The van der Waals surface area contributed by atoms with Crippen LogP contribution in [0.25, 0.3) is 33.2 Å². The molecule has 1 nitrogen and oxygen atoms in total. The summed E-state index contributed by atoms with van der Waals surface area (Å²) in [5.74, 6) is 0. The molecule has 0 spiro atoms. The average molecular weight is 602 g/mol. The number of allylic oxidation sites excluding steroid dienone is 3. The van der Waals surface area contributed by atoms with E-state index < -0.39 is 5.41 Å². The highest BCUT2D eigenvalue weighted by molar-refractivity contribution is 5.98. The lowest BCUT2D eigenvalue weighted by Gasteiger charge is -2.34. The molecule has 0 fully saturated rings. The summed E-state index contributed by atoms with van der Waals surface area (Å²) in [7, 11) is 0. The number of fused-ring (bicyclic) bond motifs is 4. The minimum atomic E-state index is -0.421. The van der Waals surface area contributed by atoms with Crippen molar-refractivity contribution in [1.82, 2.24) is 0 Å². The van der Waals surface area contributed by atoms with E-state index in [1.54, 1.807) is 0 Å². The SMILES string of the molecule is N/C(=C\C(=C/Cc1ccccc1)c1cccc2ccccc12)c1ccc(C2(c3ccccc3)c3ccccc3-c3ccccc32)cc1. The van der Waals surface area contributed by atoms with Gasteiger partial charge in [0.25, 0.3) is 0 Å². The maximum atomic E-state index is 6.97. The van der Waals surface area contributed by atoms with Crippen LogP contribution in [0.5, 0.6) is 0 Å². The Balaban J connectivity index is 1.24. The molecule has 0 bridgehead atoms. The zero-order chi connectivity index (χ0) is 31.6. The van der Waals surface area contributed by atoms with Crippen LogP contribution in [0, 0.1) is 0 Å². The molecule has 7 aromatic rings. The van der Waals surface area contributed by atoms with E-state index in [4.69, 9.17) is 5.73 Å². The van der Waals surface area contributed by atoms with E-state index in [-0.39, 0.29) is 0 Å². The first kappa shape index (κ1) is 28.5. The third kappa shape index (κ3) is 4.98. The van der Waals surface area contributed by atoms with Crippen molar-refractivity contribution >= 4 is 22.0 Å². The molecular weight excluding hydrogens is 567 g/mol. The van der Waals surface area contributed by atoms with Crippen molar-refractivity contribution in [2.75, 3.05) is 0 Å². The minimum Gasteiger partial charge on any atom is -0.398 e. The summed E-state index contributed by atoms with van der Waals surface area (Å²) < 4.78 is 0. The Kier molecular flexibility index (Phi) is 7.36. The van der Waals surface area contributed by atoms with Crippen LogP contribution in [0.2, 0.25) is 0 Å². The van der Waals surface area contributed by atoms with Gasteiger partial charge in [-0.05, 0) is 78.9 Å². The smallest absolute Gasteiger partial charge is 0.0713 e. The van der Waals surface area contributed by atoms with Crippen LogP contribution in [0.3, 0.4) is 0 Å². The Morgan fingerprint density at radius 2 is 1.06 bits per heavy atom. The van der Waals surface area contributed by atoms with Crippen molar-refractivity contribution in [1.29, 1.82) is 0 Å². The Morgan fingerprint density at radius 3 is 1.77 bits per heavy atom. The molecule has 2 N–H and O–H groups in total. The van der Waals surface area contributed by atoms with Crippen molar-refractivity contribution < 1.29 is 0 Å². The van der Waals surface area contributed by atoms with Crippen LogP contribution in [0.4, 0.5) is 0 Å². The standard InChI is InChI=1S/C46H35N/c47-45(32-36(27-26-33-14-3-1-4-15-33)40-23-13-17-34-16-7-8-20-39(34)40)35-28-30-38(31-29-35)46(37-18-5-2-6-19-37)43-24-11-9-21-41(43)42-22-10-12-25-44(42)46/h1-25,27-32H,26,47H2/b36-27+,45-32-. The van der Waals surface area contributed by atoms with Crippen LogP contribution in [-0.2, 0) is 11.8 Å². The lowest BCUT2D eigenvalue weighted by molar-refractivity contribution is 0.768. The van der Waals surface area contributed by atoms with Gasteiger partial charge >= 0.3 is 0 Å². The monoisotopic (exact) mass is 601 g/mol. The van der Waals surface area contributed by atoms with E-state index in [1.807, 2.05) is 0 Å². The maximum Gasteiger partial charge on any atom is 0.0713 e. The molecule has 1 aliphatic carbocycles. The molecule has 0 saturated carbocycles. The van der Waals surface area contributed by atoms with Gasteiger partial charge in [0.05, 0.1) is 5.41 Å². The highest BCUT2D eigenvalue weighted by atomic mass is 14.6. The van der Waals surface area contributed by atoms with Gasteiger partial charge in [-0.15, -0.1) is 0 Å². The molecule has 0 atom stereocenters. The molecule has 1 heteroatoms. The van der Waals surface area contributed by atoms with E-state index in [9.17, 15) is 0 Å². The fourth-order valence-electron chi connectivity index (χ4n) is 7.44. The van der Waals surface area contributed by atoms with E-state index >= 15 is 0 Å². The van der Waals surface area contributed by atoms with Gasteiger partial charge in [-0.1, -0.05) is 182 Å². The molecule has 1 aliphatic rings. The van der Waals surface area contributed by atoms with E-state index in [2.05, 4.69) is 188 Å². The van der Waals surface area contributed by atoms with Crippen LogP contribution in [-0.4, -0.2) is 0 Å². The van der Waals surface area contributed by atoms with Crippen LogP contribution in [0.15, 0.2) is 188 Å². The van der Waals surface area contributed by atoms with Gasteiger partial charge in [0.2, 0.25) is 0 Å². The molecule has 224 valence electrons. The van der Waals surface area contributed by atoms with Crippen molar-refractivity contribution in [2.24, 2.45) is 5.73 Å².